The molecule has 0 saturated carbocycles. The summed E-state index contributed by atoms with van der Waals surface area (Å²) in [5, 5.41) is 8.25. The van der Waals surface area contributed by atoms with Crippen molar-refractivity contribution in [2.45, 2.75) is 18.2 Å². The molecule has 0 saturated heterocycles. The maximum Gasteiger partial charge on any atom is 0.264 e. The van der Waals surface area contributed by atoms with Crippen molar-refractivity contribution in [3.8, 4) is 6.07 Å². The SMILES string of the molecule is Cc1ccccc1S(=O)(=O)NC(=O)CC#N. The Hall–Kier alpha value is -1.87. The number of amides is 1. The van der Waals surface area contributed by atoms with Crippen molar-refractivity contribution in [1.29, 1.82) is 5.26 Å². The van der Waals surface area contributed by atoms with E-state index >= 15 is 0 Å². The van der Waals surface area contributed by atoms with Crippen molar-refractivity contribution < 1.29 is 13.2 Å². The van der Waals surface area contributed by atoms with Crippen molar-refractivity contribution in [2.24, 2.45) is 0 Å². The first-order valence-corrected chi connectivity index (χ1v) is 5.94. The van der Waals surface area contributed by atoms with Crippen LogP contribution in [0.4, 0.5) is 0 Å². The molecule has 1 rings (SSSR count). The molecule has 1 N–H and O–H groups in total. The summed E-state index contributed by atoms with van der Waals surface area (Å²) < 4.78 is 25.2. The van der Waals surface area contributed by atoms with E-state index in [0.717, 1.165) is 0 Å². The molecule has 0 aromatic heterocycles. The van der Waals surface area contributed by atoms with Crippen LogP contribution in [0.25, 0.3) is 0 Å². The first-order chi connectivity index (χ1) is 7.47. The largest absolute Gasteiger partial charge is 0.273 e. The molecule has 84 valence electrons. The van der Waals surface area contributed by atoms with Crippen LogP contribution in [-0.2, 0) is 14.8 Å². The second-order valence-electron chi connectivity index (χ2n) is 3.13. The molecule has 1 amide bonds. The molecule has 0 aliphatic rings. The molecule has 0 aliphatic heterocycles. The maximum absolute atomic E-state index is 11.7. The third-order valence-electron chi connectivity index (χ3n) is 1.87. The lowest BCUT2D eigenvalue weighted by Gasteiger charge is -2.07. The minimum absolute atomic E-state index is 0.0429. The molecule has 0 unspecified atom stereocenters. The van der Waals surface area contributed by atoms with Gasteiger partial charge in [0.25, 0.3) is 10.0 Å². The van der Waals surface area contributed by atoms with Crippen LogP contribution in [0.2, 0.25) is 0 Å². The molecule has 16 heavy (non-hydrogen) atoms. The van der Waals surface area contributed by atoms with Gasteiger partial charge in [-0.1, -0.05) is 18.2 Å². The van der Waals surface area contributed by atoms with E-state index in [0.29, 0.717) is 5.56 Å². The van der Waals surface area contributed by atoms with E-state index < -0.39 is 22.4 Å². The fourth-order valence-corrected chi connectivity index (χ4v) is 2.40. The molecule has 1 aromatic rings. The minimum atomic E-state index is -3.86. The molecule has 0 heterocycles. The lowest BCUT2D eigenvalue weighted by molar-refractivity contribution is -0.118. The second-order valence-corrected chi connectivity index (χ2v) is 4.78. The molecule has 0 spiro atoms. The van der Waals surface area contributed by atoms with E-state index in [1.54, 1.807) is 31.2 Å². The van der Waals surface area contributed by atoms with E-state index in [1.165, 1.54) is 6.07 Å². The van der Waals surface area contributed by atoms with Crippen molar-refractivity contribution in [1.82, 2.24) is 4.72 Å². The quantitative estimate of drug-likeness (QED) is 0.840. The molecule has 0 radical (unpaired) electrons. The number of sulfonamides is 1. The lowest BCUT2D eigenvalue weighted by Crippen LogP contribution is -2.30. The standard InChI is InChI=1S/C10H10N2O3S/c1-8-4-2-3-5-9(8)16(14,15)12-10(13)6-7-11/h2-5H,6H2,1H3,(H,12,13). The highest BCUT2D eigenvalue weighted by Gasteiger charge is 2.18. The molecule has 0 fully saturated rings. The number of hydrogen-bond acceptors (Lipinski definition) is 4. The Morgan fingerprint density at radius 3 is 2.62 bits per heavy atom. The summed E-state index contributed by atoms with van der Waals surface area (Å²) in [7, 11) is -3.86. The van der Waals surface area contributed by atoms with Gasteiger partial charge >= 0.3 is 0 Å². The van der Waals surface area contributed by atoms with Gasteiger partial charge in [-0.25, -0.2) is 13.1 Å². The van der Waals surface area contributed by atoms with Crippen LogP contribution >= 0.6 is 0 Å². The van der Waals surface area contributed by atoms with Crippen LogP contribution in [0.5, 0.6) is 0 Å². The van der Waals surface area contributed by atoms with E-state index in [-0.39, 0.29) is 4.90 Å². The lowest BCUT2D eigenvalue weighted by atomic mass is 10.2. The highest BCUT2D eigenvalue weighted by atomic mass is 32.2. The molecule has 0 aliphatic carbocycles. The number of nitrogens with one attached hydrogen (secondary N) is 1. The molecule has 0 atom stereocenters. The third kappa shape index (κ3) is 2.81. The summed E-state index contributed by atoms with van der Waals surface area (Å²) in [6.07, 6.45) is -0.481. The molecule has 6 heteroatoms. The van der Waals surface area contributed by atoms with E-state index in [1.807, 2.05) is 4.72 Å². The summed E-state index contributed by atoms with van der Waals surface area (Å²) in [5.41, 5.74) is 0.541. The summed E-state index contributed by atoms with van der Waals surface area (Å²) in [4.78, 5) is 11.1. The molecular weight excluding hydrogens is 228 g/mol. The highest BCUT2D eigenvalue weighted by molar-refractivity contribution is 7.90. The highest BCUT2D eigenvalue weighted by Crippen LogP contribution is 2.13. The topological polar surface area (TPSA) is 87.0 Å². The predicted octanol–water partition coefficient (Wildman–Crippen LogP) is 0.714. The van der Waals surface area contributed by atoms with Gasteiger partial charge in [0.05, 0.1) is 11.0 Å². The summed E-state index contributed by atoms with van der Waals surface area (Å²) in [6.45, 7) is 1.63. The number of carbonyl (C=O) groups excluding carboxylic acids is 1. The van der Waals surface area contributed by atoms with Gasteiger partial charge in [0.1, 0.15) is 6.42 Å². The van der Waals surface area contributed by atoms with Crippen molar-refractivity contribution in [3.05, 3.63) is 29.8 Å². The van der Waals surface area contributed by atoms with Gasteiger partial charge in [-0.15, -0.1) is 0 Å². The van der Waals surface area contributed by atoms with Gasteiger partial charge in [-0.2, -0.15) is 5.26 Å². The average molecular weight is 238 g/mol. The Morgan fingerprint density at radius 1 is 1.44 bits per heavy atom. The third-order valence-corrected chi connectivity index (χ3v) is 3.40. The van der Waals surface area contributed by atoms with E-state index in [4.69, 9.17) is 5.26 Å². The fourth-order valence-electron chi connectivity index (χ4n) is 1.17. The number of nitrogens with zero attached hydrogens (tertiary/aromatic N) is 1. The smallest absolute Gasteiger partial charge is 0.264 e. The van der Waals surface area contributed by atoms with E-state index in [9.17, 15) is 13.2 Å². The fraction of sp³-hybridized carbons (Fsp3) is 0.200. The number of benzene rings is 1. The van der Waals surface area contributed by atoms with E-state index in [2.05, 4.69) is 0 Å². The van der Waals surface area contributed by atoms with Crippen molar-refractivity contribution in [3.63, 3.8) is 0 Å². The number of carbonyl (C=O) groups is 1. The number of aryl methyl sites for hydroxylation is 1. The van der Waals surface area contributed by atoms with Gasteiger partial charge in [0.15, 0.2) is 0 Å². The second kappa shape index (κ2) is 4.77. The molecule has 1 aromatic carbocycles. The zero-order valence-corrected chi connectivity index (χ0v) is 9.41. The maximum atomic E-state index is 11.7. The number of nitriles is 1. The predicted molar refractivity (Wildman–Crippen MR) is 56.7 cm³/mol. The summed E-state index contributed by atoms with van der Waals surface area (Å²) in [6, 6.07) is 7.87. The number of rotatable bonds is 3. The van der Waals surface area contributed by atoms with Crippen molar-refractivity contribution >= 4 is 15.9 Å². The first-order valence-electron chi connectivity index (χ1n) is 4.45. The normalized spacial score (nSPS) is 10.5. The van der Waals surface area contributed by atoms with Crippen LogP contribution in [0.3, 0.4) is 0 Å². The van der Waals surface area contributed by atoms with Crippen LogP contribution in [0.1, 0.15) is 12.0 Å². The van der Waals surface area contributed by atoms with Gasteiger partial charge < -0.3 is 0 Å². The monoisotopic (exact) mass is 238 g/mol. The number of hydrogen-bond donors (Lipinski definition) is 1. The first kappa shape index (κ1) is 12.2. The van der Waals surface area contributed by atoms with Crippen LogP contribution < -0.4 is 4.72 Å². The molecular formula is C10H10N2O3S. The van der Waals surface area contributed by atoms with Crippen LogP contribution in [0.15, 0.2) is 29.2 Å². The van der Waals surface area contributed by atoms with Gasteiger partial charge in [-0.05, 0) is 18.6 Å². The average Bonchev–Trinajstić information content (AvgIpc) is 2.17. The Labute approximate surface area is 93.8 Å². The van der Waals surface area contributed by atoms with Gasteiger partial charge in [0.2, 0.25) is 5.91 Å². The van der Waals surface area contributed by atoms with Crippen LogP contribution in [-0.4, -0.2) is 14.3 Å². The Bertz CT molecular complexity index is 543. The minimum Gasteiger partial charge on any atom is -0.273 e. The molecule has 0 bridgehead atoms. The zero-order valence-electron chi connectivity index (χ0n) is 8.60. The van der Waals surface area contributed by atoms with Crippen molar-refractivity contribution in [2.75, 3.05) is 0 Å². The Kier molecular flexibility index (Phi) is 3.64. The summed E-state index contributed by atoms with van der Waals surface area (Å²) in [5.74, 6) is -0.828. The Morgan fingerprint density at radius 2 is 2.06 bits per heavy atom. The Balaban J connectivity index is 3.01. The zero-order chi connectivity index (χ0) is 12.2. The van der Waals surface area contributed by atoms with Gasteiger partial charge in [-0.3, -0.25) is 4.79 Å². The van der Waals surface area contributed by atoms with Gasteiger partial charge in [0, 0.05) is 0 Å². The van der Waals surface area contributed by atoms with Crippen LogP contribution in [0, 0.1) is 18.3 Å². The molecule has 5 nitrogen and oxygen atoms in total. The summed E-state index contributed by atoms with van der Waals surface area (Å²) >= 11 is 0.